The summed E-state index contributed by atoms with van der Waals surface area (Å²) in [5, 5.41) is 1.56. The van der Waals surface area contributed by atoms with Gasteiger partial charge >= 0.3 is 0 Å². The number of nitrogens with one attached hydrogen (secondary N) is 2. The molecule has 0 spiro atoms. The van der Waals surface area contributed by atoms with Gasteiger partial charge in [-0.2, -0.15) is 0 Å². The molecule has 2 N–H and O–H groups in total. The molecule has 0 saturated heterocycles. The first-order chi connectivity index (χ1) is 14.8. The third kappa shape index (κ3) is 6.28. The topological polar surface area (TPSA) is 65.7 Å². The maximum atomic E-state index is 13.8. The molecule has 0 aliphatic carbocycles. The van der Waals surface area contributed by atoms with E-state index in [0.717, 1.165) is 11.1 Å². The Labute approximate surface area is 234 Å². The molecule has 0 aliphatic heterocycles. The van der Waals surface area contributed by atoms with Crippen molar-refractivity contribution in [2.75, 3.05) is 0 Å². The van der Waals surface area contributed by atoms with Crippen LogP contribution in [-0.4, -0.2) is 61.4 Å². The normalized spacial score (nSPS) is 11.6. The van der Waals surface area contributed by atoms with Crippen molar-refractivity contribution in [2.45, 2.75) is 52.4 Å². The molecule has 4 rings (SSSR count). The fourth-order valence-corrected chi connectivity index (χ4v) is 3.42. The van der Waals surface area contributed by atoms with Gasteiger partial charge in [-0.15, -0.1) is 0 Å². The zero-order valence-electron chi connectivity index (χ0n) is 20.2. The number of halogens is 2. The van der Waals surface area contributed by atoms with E-state index in [4.69, 9.17) is 0 Å². The molecule has 0 bridgehead atoms. The molecule has 0 saturated carbocycles. The summed E-state index contributed by atoms with van der Waals surface area (Å²) in [6.45, 7) is 12.1. The molecule has 7 heteroatoms. The fourth-order valence-electron chi connectivity index (χ4n) is 3.42. The zero-order valence-corrected chi connectivity index (χ0v) is 23.3. The van der Waals surface area contributed by atoms with Crippen LogP contribution in [0.1, 0.15) is 52.7 Å². The molecule has 0 amide bonds. The van der Waals surface area contributed by atoms with Crippen LogP contribution in [0.25, 0.3) is 21.5 Å². The quantitative estimate of drug-likeness (QED) is 0.326. The largest absolute Gasteiger partial charge is 0.328 e. The van der Waals surface area contributed by atoms with Crippen molar-refractivity contribution < 1.29 is 8.78 Å². The summed E-state index contributed by atoms with van der Waals surface area (Å²) < 4.78 is 27.6. The van der Waals surface area contributed by atoms with Crippen LogP contribution in [0.15, 0.2) is 58.4 Å². The molecule has 0 aliphatic rings. The Morgan fingerprint density at radius 2 is 0.970 bits per heavy atom. The maximum absolute atomic E-state index is 13.8. The first-order valence-corrected chi connectivity index (χ1v) is 10.4. The molecular weight excluding hydrogens is 449 g/mol. The second kappa shape index (κ2) is 10.3. The minimum absolute atomic E-state index is 0. The minimum Gasteiger partial charge on any atom is -0.328 e. The Balaban J connectivity index is 0.000000227. The van der Waals surface area contributed by atoms with E-state index in [2.05, 4.69) is 9.97 Å². The predicted molar refractivity (Wildman–Crippen MR) is 132 cm³/mol. The van der Waals surface area contributed by atoms with E-state index >= 15 is 0 Å². The Bertz CT molecular complexity index is 1300. The third-order valence-electron chi connectivity index (χ3n) is 5.38. The van der Waals surface area contributed by atoms with Gasteiger partial charge in [0.2, 0.25) is 0 Å². The predicted octanol–water partition coefficient (Wildman–Crippen LogP) is 5.55. The van der Waals surface area contributed by atoms with Crippen molar-refractivity contribution in [3.05, 3.63) is 92.3 Å². The van der Waals surface area contributed by atoms with Crippen LogP contribution >= 0.6 is 0 Å². The van der Waals surface area contributed by atoms with Crippen molar-refractivity contribution >= 4 is 72.9 Å². The van der Waals surface area contributed by atoms with Gasteiger partial charge < -0.3 is 9.97 Å². The van der Waals surface area contributed by atoms with Crippen LogP contribution in [0.5, 0.6) is 0 Å². The first-order valence-electron chi connectivity index (χ1n) is 10.4. The second-order valence-electron chi connectivity index (χ2n) is 9.96. The molecule has 169 valence electrons. The Kier molecular flexibility index (Phi) is 8.63. The number of aromatic amines is 2. The van der Waals surface area contributed by atoms with Crippen molar-refractivity contribution in [3.63, 3.8) is 0 Å². The monoisotopic (exact) mass is 477 g/mol. The summed E-state index contributed by atoms with van der Waals surface area (Å²) >= 11 is 0. The average Bonchev–Trinajstić information content (AvgIpc) is 2.66. The second-order valence-corrected chi connectivity index (χ2v) is 9.96. The summed E-state index contributed by atoms with van der Waals surface area (Å²) in [5.74, 6) is -0.909. The SMILES string of the molecule is CC(C)(C)c1cc(F)c2c(=O)[nH]ccc2c1.CC(C)(C)c1cc(F)c2c(=O)[nH]ccc2c1.[K]. The van der Waals surface area contributed by atoms with Gasteiger partial charge in [0.15, 0.2) is 0 Å². The van der Waals surface area contributed by atoms with Gasteiger partial charge in [-0.05, 0) is 57.0 Å². The maximum Gasteiger partial charge on any atom is 0.258 e. The molecule has 2 heterocycles. The van der Waals surface area contributed by atoms with Gasteiger partial charge in [-0.3, -0.25) is 9.59 Å². The average molecular weight is 478 g/mol. The van der Waals surface area contributed by atoms with E-state index in [1.54, 1.807) is 12.1 Å². The molecule has 2 aromatic heterocycles. The number of benzene rings is 2. The van der Waals surface area contributed by atoms with Crippen molar-refractivity contribution in [3.8, 4) is 0 Å². The van der Waals surface area contributed by atoms with Crippen molar-refractivity contribution in [1.29, 1.82) is 0 Å². The summed E-state index contributed by atoms with van der Waals surface area (Å²) in [6.07, 6.45) is 3.08. The van der Waals surface area contributed by atoms with Gasteiger partial charge in [0.05, 0.1) is 10.8 Å². The smallest absolute Gasteiger partial charge is 0.258 e. The van der Waals surface area contributed by atoms with E-state index in [1.807, 2.05) is 53.7 Å². The number of fused-ring (bicyclic) bond motifs is 2. The van der Waals surface area contributed by atoms with E-state index in [0.29, 0.717) is 10.8 Å². The molecule has 1 radical (unpaired) electrons. The van der Waals surface area contributed by atoms with E-state index in [1.165, 1.54) is 24.5 Å². The van der Waals surface area contributed by atoms with Crippen LogP contribution in [0, 0.1) is 11.6 Å². The number of rotatable bonds is 0. The van der Waals surface area contributed by atoms with Crippen LogP contribution < -0.4 is 11.1 Å². The molecule has 2 aromatic carbocycles. The summed E-state index contributed by atoms with van der Waals surface area (Å²) in [5.41, 5.74) is 0.770. The number of hydrogen-bond donors (Lipinski definition) is 2. The Morgan fingerprint density at radius 3 is 1.27 bits per heavy atom. The standard InChI is InChI=1S/2C13H14FNO.K/c2*1-13(2,3)9-6-8-4-5-15-12(16)11(8)10(14)7-9;/h2*4-7H,1-3H3,(H,15,16);. The summed E-state index contributed by atoms with van der Waals surface area (Å²) in [4.78, 5) is 27.9. The van der Waals surface area contributed by atoms with E-state index < -0.39 is 11.6 Å². The fraction of sp³-hybridized carbons (Fsp3) is 0.308. The van der Waals surface area contributed by atoms with Crippen LogP contribution in [0.3, 0.4) is 0 Å². The first kappa shape index (κ1) is 27.6. The Hall–Kier alpha value is -1.64. The summed E-state index contributed by atoms with van der Waals surface area (Å²) in [6, 6.07) is 10.1. The molecule has 4 aromatic rings. The molecule has 33 heavy (non-hydrogen) atoms. The zero-order chi connectivity index (χ0) is 23.8. The van der Waals surface area contributed by atoms with Crippen molar-refractivity contribution in [2.24, 2.45) is 0 Å². The molecular formula is C26H28F2KN2O2. The van der Waals surface area contributed by atoms with E-state index in [-0.39, 0.29) is 84.1 Å². The molecule has 4 nitrogen and oxygen atoms in total. The van der Waals surface area contributed by atoms with Crippen molar-refractivity contribution in [1.82, 2.24) is 9.97 Å². The van der Waals surface area contributed by atoms with Gasteiger partial charge in [-0.25, -0.2) is 8.78 Å². The van der Waals surface area contributed by atoms with Crippen LogP contribution in [0.2, 0.25) is 0 Å². The summed E-state index contributed by atoms with van der Waals surface area (Å²) in [7, 11) is 0. The number of H-pyrrole nitrogens is 2. The van der Waals surface area contributed by atoms with Crippen LogP contribution in [0.4, 0.5) is 8.78 Å². The number of aromatic nitrogens is 2. The van der Waals surface area contributed by atoms with E-state index in [9.17, 15) is 18.4 Å². The van der Waals surface area contributed by atoms with Gasteiger partial charge in [0.1, 0.15) is 11.6 Å². The number of hydrogen-bond acceptors (Lipinski definition) is 2. The number of pyridine rings is 2. The minimum atomic E-state index is -0.454. The van der Waals surface area contributed by atoms with Gasteiger partial charge in [0.25, 0.3) is 11.1 Å². The third-order valence-corrected chi connectivity index (χ3v) is 5.38. The molecule has 0 fully saturated rings. The van der Waals surface area contributed by atoms with Gasteiger partial charge in [0, 0.05) is 63.8 Å². The van der Waals surface area contributed by atoms with Crippen LogP contribution in [-0.2, 0) is 10.8 Å². The Morgan fingerprint density at radius 1 is 0.636 bits per heavy atom. The molecule has 0 atom stereocenters. The van der Waals surface area contributed by atoms with Gasteiger partial charge in [-0.1, -0.05) is 53.7 Å². The molecule has 0 unspecified atom stereocenters.